The number of hydrogen-bond donors (Lipinski definition) is 0. The van der Waals surface area contributed by atoms with Crippen molar-refractivity contribution in [3.63, 3.8) is 0 Å². The molecule has 0 saturated heterocycles. The van der Waals surface area contributed by atoms with E-state index in [-0.39, 0.29) is 0 Å². The van der Waals surface area contributed by atoms with Crippen LogP contribution >= 0.6 is 11.8 Å². The minimum atomic E-state index is 1.12. The quantitative estimate of drug-likeness (QED) is 0.465. The van der Waals surface area contributed by atoms with Gasteiger partial charge in [0.1, 0.15) is 6.33 Å². The van der Waals surface area contributed by atoms with Crippen molar-refractivity contribution >= 4 is 11.8 Å². The van der Waals surface area contributed by atoms with E-state index in [1.54, 1.807) is 0 Å². The molecule has 1 rings (SSSR count). The van der Waals surface area contributed by atoms with Crippen LogP contribution in [0.4, 0.5) is 0 Å². The van der Waals surface area contributed by atoms with Gasteiger partial charge in [-0.25, -0.2) is 4.09 Å². The molecule has 0 unspecified atom stereocenters. The van der Waals surface area contributed by atoms with Crippen molar-refractivity contribution in [2.45, 2.75) is 0 Å². The molecule has 1 radical (unpaired) electrons. The summed E-state index contributed by atoms with van der Waals surface area (Å²) in [5.74, 6) is 0. The van der Waals surface area contributed by atoms with Gasteiger partial charge in [0.25, 0.3) is 0 Å². The molecular formula is C2HClN3. The van der Waals surface area contributed by atoms with Crippen LogP contribution in [0.25, 0.3) is 0 Å². The first kappa shape index (κ1) is 3.61. The molecule has 1 heterocycles. The Morgan fingerprint density at radius 2 is 2.67 bits per heavy atom. The topological polar surface area (TPSA) is 30.7 Å². The molecule has 0 spiro atoms. The van der Waals surface area contributed by atoms with Crippen LogP contribution in [0.2, 0.25) is 0 Å². The predicted molar refractivity (Wildman–Crippen MR) is 20.1 cm³/mol. The Morgan fingerprint density at radius 1 is 1.83 bits per heavy atom. The standard InChI is InChI=1S/C2HClN3/c3-6-1-4-5-2-6/h1H. The molecule has 31 valence electrons. The molecule has 0 amide bonds. The van der Waals surface area contributed by atoms with Crippen molar-refractivity contribution in [2.24, 2.45) is 0 Å². The third-order valence-corrected chi connectivity index (χ3v) is 0.514. The van der Waals surface area contributed by atoms with E-state index in [0.29, 0.717) is 0 Å². The van der Waals surface area contributed by atoms with Crippen molar-refractivity contribution in [1.29, 1.82) is 0 Å². The first-order valence-corrected chi connectivity index (χ1v) is 1.67. The third kappa shape index (κ3) is 0.490. The molecular weight excluding hydrogens is 101 g/mol. The van der Waals surface area contributed by atoms with Crippen LogP contribution in [-0.2, 0) is 0 Å². The van der Waals surface area contributed by atoms with Crippen LogP contribution in [0.5, 0.6) is 0 Å². The van der Waals surface area contributed by atoms with Crippen molar-refractivity contribution in [2.75, 3.05) is 0 Å². The van der Waals surface area contributed by atoms with Crippen molar-refractivity contribution in [3.8, 4) is 0 Å². The lowest BCUT2D eigenvalue weighted by atomic mass is 11.3. The molecule has 1 aromatic rings. The van der Waals surface area contributed by atoms with Gasteiger partial charge in [-0.15, -0.1) is 10.2 Å². The molecule has 0 fully saturated rings. The molecule has 0 N–H and O–H groups in total. The molecule has 4 heteroatoms. The Balaban J connectivity index is 3.05. The lowest BCUT2D eigenvalue weighted by Crippen LogP contribution is -1.66. The maximum absolute atomic E-state index is 5.19. The summed E-state index contributed by atoms with van der Waals surface area (Å²) in [6.45, 7) is 0. The van der Waals surface area contributed by atoms with Crippen LogP contribution in [0.3, 0.4) is 0 Å². The maximum atomic E-state index is 5.19. The van der Waals surface area contributed by atoms with E-state index >= 15 is 0 Å². The zero-order valence-electron chi connectivity index (χ0n) is 2.80. The van der Waals surface area contributed by atoms with E-state index < -0.39 is 0 Å². The molecule has 1 aromatic heterocycles. The Kier molecular flexibility index (Phi) is 0.759. The molecule has 0 aliphatic carbocycles. The lowest BCUT2D eigenvalue weighted by Gasteiger charge is -1.67. The van der Waals surface area contributed by atoms with E-state index in [1.807, 2.05) is 0 Å². The van der Waals surface area contributed by atoms with E-state index in [0.717, 1.165) is 4.09 Å². The highest BCUT2D eigenvalue weighted by molar-refractivity contribution is 6.14. The summed E-state index contributed by atoms with van der Waals surface area (Å²) < 4.78 is 1.12. The zero-order chi connectivity index (χ0) is 4.41. The second-order valence-electron chi connectivity index (χ2n) is 0.742. The number of nitrogens with zero attached hydrogens (tertiary/aromatic N) is 3. The molecule has 0 aromatic carbocycles. The summed E-state index contributed by atoms with van der Waals surface area (Å²) in [6, 6.07) is 0. The van der Waals surface area contributed by atoms with Crippen LogP contribution < -0.4 is 0 Å². The highest BCUT2D eigenvalue weighted by Crippen LogP contribution is 1.78. The van der Waals surface area contributed by atoms with Crippen molar-refractivity contribution in [1.82, 2.24) is 14.3 Å². The molecule has 3 nitrogen and oxygen atoms in total. The number of halogens is 1. The van der Waals surface area contributed by atoms with Gasteiger partial charge < -0.3 is 0 Å². The van der Waals surface area contributed by atoms with Crippen LogP contribution in [0.1, 0.15) is 0 Å². The predicted octanol–water partition coefficient (Wildman–Crippen LogP) is 0.0802. The molecule has 0 atom stereocenters. The van der Waals surface area contributed by atoms with Crippen LogP contribution in [0, 0.1) is 6.33 Å². The molecule has 0 aliphatic heterocycles. The summed E-state index contributed by atoms with van der Waals surface area (Å²) >= 11 is 5.19. The first-order chi connectivity index (χ1) is 2.89. The fraction of sp³-hybridized carbons (Fsp3) is 0. The second kappa shape index (κ2) is 1.26. The SMILES string of the molecule is Cln1[c]nnc1. The fourth-order valence-corrected chi connectivity index (χ4v) is 0.238. The van der Waals surface area contributed by atoms with Gasteiger partial charge in [-0.2, -0.15) is 0 Å². The summed E-state index contributed by atoms with van der Waals surface area (Å²) in [6.07, 6.45) is 3.67. The average molecular weight is 103 g/mol. The van der Waals surface area contributed by atoms with Gasteiger partial charge in [-0.1, -0.05) is 0 Å². The van der Waals surface area contributed by atoms with Gasteiger partial charge in [0.2, 0.25) is 6.33 Å². The smallest absolute Gasteiger partial charge is 0.217 e. The Labute approximate surface area is 39.7 Å². The monoisotopic (exact) mass is 102 g/mol. The largest absolute Gasteiger partial charge is 0.219 e. The zero-order valence-corrected chi connectivity index (χ0v) is 3.55. The lowest BCUT2D eigenvalue weighted by molar-refractivity contribution is 1.08. The van der Waals surface area contributed by atoms with Crippen LogP contribution in [0.15, 0.2) is 6.33 Å². The van der Waals surface area contributed by atoms with E-state index in [9.17, 15) is 0 Å². The van der Waals surface area contributed by atoms with Gasteiger partial charge in [-0.3, -0.25) is 0 Å². The number of aromatic nitrogens is 3. The Hall–Kier alpha value is -0.570. The summed E-state index contributed by atoms with van der Waals surface area (Å²) in [4.78, 5) is 0. The van der Waals surface area contributed by atoms with E-state index in [4.69, 9.17) is 11.8 Å². The Morgan fingerprint density at radius 3 is 2.83 bits per heavy atom. The average Bonchev–Trinajstić information content (AvgIpc) is 1.86. The highest BCUT2D eigenvalue weighted by atomic mass is 35.5. The molecule has 0 bridgehead atoms. The van der Waals surface area contributed by atoms with E-state index in [2.05, 4.69) is 16.5 Å². The van der Waals surface area contributed by atoms with Crippen molar-refractivity contribution < 1.29 is 0 Å². The molecule has 6 heavy (non-hydrogen) atoms. The van der Waals surface area contributed by atoms with Gasteiger partial charge in [-0.05, 0) is 0 Å². The number of hydrogen-bond acceptors (Lipinski definition) is 2. The minimum Gasteiger partial charge on any atom is -0.219 e. The minimum absolute atomic E-state index is 1.12. The number of rotatable bonds is 0. The van der Waals surface area contributed by atoms with Gasteiger partial charge in [0.15, 0.2) is 0 Å². The summed E-state index contributed by atoms with van der Waals surface area (Å²) in [5, 5.41) is 6.62. The highest BCUT2D eigenvalue weighted by Gasteiger charge is 1.76. The Bertz CT molecular complexity index is 112. The third-order valence-electron chi connectivity index (χ3n) is 0.351. The van der Waals surface area contributed by atoms with Gasteiger partial charge in [0, 0.05) is 11.8 Å². The summed E-state index contributed by atoms with van der Waals surface area (Å²) in [7, 11) is 0. The van der Waals surface area contributed by atoms with Crippen molar-refractivity contribution in [3.05, 3.63) is 12.7 Å². The normalized spacial score (nSPS) is 8.83. The van der Waals surface area contributed by atoms with E-state index in [1.165, 1.54) is 6.33 Å². The summed E-state index contributed by atoms with van der Waals surface area (Å²) in [5.41, 5.74) is 0. The van der Waals surface area contributed by atoms with Crippen LogP contribution in [-0.4, -0.2) is 14.3 Å². The molecule has 0 saturated carbocycles. The molecule has 0 aliphatic rings. The van der Waals surface area contributed by atoms with Gasteiger partial charge >= 0.3 is 0 Å². The van der Waals surface area contributed by atoms with Gasteiger partial charge in [0.05, 0.1) is 0 Å². The second-order valence-corrected chi connectivity index (χ2v) is 1.11. The fourth-order valence-electron chi connectivity index (χ4n) is 0.166. The first-order valence-electron chi connectivity index (χ1n) is 1.33. The maximum Gasteiger partial charge on any atom is 0.217 e.